The van der Waals surface area contributed by atoms with Crippen molar-refractivity contribution in [2.45, 2.75) is 13.8 Å². The van der Waals surface area contributed by atoms with Crippen LogP contribution < -0.4 is 0 Å². The number of rotatable bonds is 2. The number of aromatic nitrogens is 1. The lowest BCUT2D eigenvalue weighted by molar-refractivity contribution is -0.132. The van der Waals surface area contributed by atoms with Gasteiger partial charge in [0.05, 0.1) is 5.52 Å². The number of halogens is 2. The number of carboxylic acid groups (broad SMARTS) is 1. The predicted octanol–water partition coefficient (Wildman–Crippen LogP) is 4.28. The monoisotopic (exact) mass is 297 g/mol. The lowest BCUT2D eigenvalue weighted by Crippen LogP contribution is -1.95. The maximum Gasteiger partial charge on any atom is 0.331 e. The summed E-state index contributed by atoms with van der Waals surface area (Å²) in [5.74, 6) is -0.959. The fourth-order valence-electron chi connectivity index (χ4n) is 2.13. The second kappa shape index (κ2) is 4.91. The Hall–Kier alpha value is -1.45. The quantitative estimate of drug-likeness (QED) is 0.841. The van der Waals surface area contributed by atoms with Gasteiger partial charge in [-0.25, -0.2) is 4.79 Å². The molecule has 2 aromatic rings. The highest BCUT2D eigenvalue weighted by Crippen LogP contribution is 2.35. The zero-order valence-corrected chi connectivity index (χ0v) is 12.3. The van der Waals surface area contributed by atoms with Crippen LogP contribution in [0.5, 0.6) is 0 Å². The van der Waals surface area contributed by atoms with Crippen LogP contribution in [0.1, 0.15) is 18.1 Å². The van der Waals surface area contributed by atoms with Gasteiger partial charge in [-0.2, -0.15) is 0 Å². The normalized spacial score (nSPS) is 12.2. The molecule has 0 bridgehead atoms. The Morgan fingerprint density at radius 3 is 2.58 bits per heavy atom. The molecule has 5 heteroatoms. The molecule has 1 heterocycles. The van der Waals surface area contributed by atoms with E-state index in [0.29, 0.717) is 15.7 Å². The van der Waals surface area contributed by atoms with Crippen molar-refractivity contribution >= 4 is 46.2 Å². The minimum atomic E-state index is -0.959. The van der Waals surface area contributed by atoms with Gasteiger partial charge in [-0.15, -0.1) is 0 Å². The van der Waals surface area contributed by atoms with Crippen LogP contribution in [0.2, 0.25) is 10.2 Å². The molecule has 1 aromatic heterocycles. The Kier molecular flexibility index (Phi) is 3.61. The summed E-state index contributed by atoms with van der Waals surface area (Å²) in [6.45, 7) is 3.46. The van der Waals surface area contributed by atoms with E-state index in [0.717, 1.165) is 16.5 Å². The lowest BCUT2D eigenvalue weighted by Gasteiger charge is -2.03. The van der Waals surface area contributed by atoms with E-state index in [2.05, 4.69) is 0 Å². The zero-order valence-electron chi connectivity index (χ0n) is 10.8. The van der Waals surface area contributed by atoms with E-state index in [1.165, 1.54) is 0 Å². The lowest BCUT2D eigenvalue weighted by atomic mass is 10.1. The minimum absolute atomic E-state index is 0.238. The highest BCUT2D eigenvalue weighted by atomic mass is 35.5. The summed E-state index contributed by atoms with van der Waals surface area (Å²) in [5, 5.41) is 11.0. The molecule has 0 spiro atoms. The minimum Gasteiger partial charge on any atom is -0.478 e. The Bertz CT molecular complexity index is 714. The molecule has 0 saturated heterocycles. The van der Waals surface area contributed by atoms with E-state index < -0.39 is 5.97 Å². The van der Waals surface area contributed by atoms with Gasteiger partial charge in [0.1, 0.15) is 5.15 Å². The van der Waals surface area contributed by atoms with Gasteiger partial charge in [-0.05, 0) is 31.6 Å². The summed E-state index contributed by atoms with van der Waals surface area (Å²) in [6.07, 6.45) is 1.58. The third-order valence-corrected chi connectivity index (χ3v) is 4.07. The van der Waals surface area contributed by atoms with Crippen molar-refractivity contribution in [3.05, 3.63) is 39.0 Å². The summed E-state index contributed by atoms with van der Waals surface area (Å²) in [5.41, 5.74) is 2.79. The first-order valence-corrected chi connectivity index (χ1v) is 6.44. The van der Waals surface area contributed by atoms with Crippen LogP contribution in [-0.2, 0) is 11.8 Å². The number of benzene rings is 1. The third-order valence-electron chi connectivity index (χ3n) is 3.21. The van der Waals surface area contributed by atoms with E-state index in [4.69, 9.17) is 28.3 Å². The maximum atomic E-state index is 10.9. The predicted molar refractivity (Wildman–Crippen MR) is 79.0 cm³/mol. The molecular weight excluding hydrogens is 285 g/mol. The molecule has 1 N–H and O–H groups in total. The van der Waals surface area contributed by atoms with Gasteiger partial charge in [0.25, 0.3) is 0 Å². The van der Waals surface area contributed by atoms with Gasteiger partial charge < -0.3 is 9.67 Å². The first-order chi connectivity index (χ1) is 8.84. The van der Waals surface area contributed by atoms with E-state index in [1.54, 1.807) is 19.1 Å². The van der Waals surface area contributed by atoms with Crippen LogP contribution in [0.25, 0.3) is 17.0 Å². The van der Waals surface area contributed by atoms with Gasteiger partial charge in [0.15, 0.2) is 0 Å². The molecule has 0 radical (unpaired) electrons. The smallest absolute Gasteiger partial charge is 0.331 e. The number of carbonyl (C=O) groups is 1. The third kappa shape index (κ3) is 2.24. The van der Waals surface area contributed by atoms with Crippen LogP contribution in [0.3, 0.4) is 0 Å². The van der Waals surface area contributed by atoms with E-state index >= 15 is 0 Å². The van der Waals surface area contributed by atoms with Gasteiger partial charge >= 0.3 is 5.97 Å². The standard InChI is InChI=1S/C14H13Cl2NO2/c1-7(14(18)19)6-10-9-4-5-11(15)8(2)12(9)17(3)13(10)16/h4-6H,1-3H3,(H,18,19)/b7-6+. The summed E-state index contributed by atoms with van der Waals surface area (Å²) >= 11 is 12.4. The average Bonchev–Trinajstić information content (AvgIpc) is 2.59. The molecule has 100 valence electrons. The van der Waals surface area contributed by atoms with Crippen LogP contribution in [-0.4, -0.2) is 15.6 Å². The van der Waals surface area contributed by atoms with Crippen molar-refractivity contribution in [1.82, 2.24) is 4.57 Å². The molecule has 0 atom stereocenters. The molecule has 0 unspecified atom stereocenters. The number of fused-ring (bicyclic) bond motifs is 1. The van der Waals surface area contributed by atoms with Crippen molar-refractivity contribution in [2.24, 2.45) is 7.05 Å². The highest BCUT2D eigenvalue weighted by Gasteiger charge is 2.16. The number of aryl methyl sites for hydroxylation is 2. The average molecular weight is 298 g/mol. The molecule has 0 aliphatic carbocycles. The molecule has 0 saturated carbocycles. The first kappa shape index (κ1) is 14.0. The number of nitrogens with zero attached hydrogens (tertiary/aromatic N) is 1. The van der Waals surface area contributed by atoms with Crippen molar-refractivity contribution in [3.63, 3.8) is 0 Å². The van der Waals surface area contributed by atoms with Crippen LogP contribution in [0, 0.1) is 6.92 Å². The van der Waals surface area contributed by atoms with Crippen molar-refractivity contribution in [2.75, 3.05) is 0 Å². The summed E-state index contributed by atoms with van der Waals surface area (Å²) in [6, 6.07) is 3.65. The van der Waals surface area contributed by atoms with Crippen molar-refractivity contribution < 1.29 is 9.90 Å². The number of aliphatic carboxylic acids is 1. The fourth-order valence-corrected chi connectivity index (χ4v) is 2.52. The van der Waals surface area contributed by atoms with Crippen molar-refractivity contribution in [3.8, 4) is 0 Å². The number of hydrogen-bond acceptors (Lipinski definition) is 1. The molecule has 3 nitrogen and oxygen atoms in total. The molecule has 0 aliphatic heterocycles. The van der Waals surface area contributed by atoms with E-state index in [-0.39, 0.29) is 5.57 Å². The Labute approximate surface area is 121 Å². The summed E-state index contributed by atoms with van der Waals surface area (Å²) < 4.78 is 1.82. The first-order valence-electron chi connectivity index (χ1n) is 5.69. The highest BCUT2D eigenvalue weighted by molar-refractivity contribution is 6.34. The fraction of sp³-hybridized carbons (Fsp3) is 0.214. The van der Waals surface area contributed by atoms with Gasteiger partial charge in [-0.3, -0.25) is 0 Å². The molecule has 0 aliphatic rings. The Balaban J connectivity index is 2.84. The van der Waals surface area contributed by atoms with Gasteiger partial charge in [0, 0.05) is 28.6 Å². The second-order valence-corrected chi connectivity index (χ2v) is 5.23. The Morgan fingerprint density at radius 1 is 1.37 bits per heavy atom. The summed E-state index contributed by atoms with van der Waals surface area (Å²) in [4.78, 5) is 10.9. The largest absolute Gasteiger partial charge is 0.478 e. The van der Waals surface area contributed by atoms with E-state index in [1.807, 2.05) is 24.6 Å². The molecular formula is C14H13Cl2NO2. The molecule has 19 heavy (non-hydrogen) atoms. The number of carboxylic acids is 1. The Morgan fingerprint density at radius 2 is 2.00 bits per heavy atom. The summed E-state index contributed by atoms with van der Waals surface area (Å²) in [7, 11) is 1.83. The topological polar surface area (TPSA) is 42.2 Å². The molecule has 0 amide bonds. The van der Waals surface area contributed by atoms with Crippen molar-refractivity contribution in [1.29, 1.82) is 0 Å². The SMILES string of the molecule is C/C(=C\c1c(Cl)n(C)c2c(C)c(Cl)ccc12)C(=O)O. The maximum absolute atomic E-state index is 10.9. The van der Waals surface area contributed by atoms with Crippen LogP contribution in [0.4, 0.5) is 0 Å². The van der Waals surface area contributed by atoms with E-state index in [9.17, 15) is 4.79 Å². The van der Waals surface area contributed by atoms with Crippen LogP contribution in [0.15, 0.2) is 17.7 Å². The number of hydrogen-bond donors (Lipinski definition) is 1. The zero-order chi connectivity index (χ0) is 14.3. The van der Waals surface area contributed by atoms with Crippen LogP contribution >= 0.6 is 23.2 Å². The molecule has 2 rings (SSSR count). The van der Waals surface area contributed by atoms with Gasteiger partial charge in [-0.1, -0.05) is 29.3 Å². The second-order valence-electron chi connectivity index (χ2n) is 4.46. The molecule has 1 aromatic carbocycles. The van der Waals surface area contributed by atoms with Gasteiger partial charge in [0.2, 0.25) is 0 Å². The molecule has 0 fully saturated rings.